The normalized spacial score (nSPS) is 16.0. The monoisotopic (exact) mass is 357 g/mol. The van der Waals surface area contributed by atoms with Gasteiger partial charge in [-0.2, -0.15) is 0 Å². The lowest BCUT2D eigenvalue weighted by molar-refractivity contribution is -0.141. The van der Waals surface area contributed by atoms with E-state index in [1.165, 1.54) is 11.1 Å². The van der Waals surface area contributed by atoms with Crippen molar-refractivity contribution >= 4 is 5.91 Å². The van der Waals surface area contributed by atoms with E-state index in [9.17, 15) is 4.79 Å². The average molecular weight is 357 g/mol. The minimum atomic E-state index is -0.327. The standard InChI is InChI=1S/C24H23NO2/c26-24(22-16-15-18-9-7-8-14-21(18)17-22)25-27-23(19-10-3-1-4-11-19)20-12-5-2-6-13-20/h1-14,22-23H,15-17H2,(H,25,26). The van der Waals surface area contributed by atoms with Gasteiger partial charge in [-0.3, -0.25) is 9.63 Å². The van der Waals surface area contributed by atoms with Crippen LogP contribution in [0.4, 0.5) is 0 Å². The molecule has 0 heterocycles. The average Bonchev–Trinajstić information content (AvgIpc) is 2.75. The van der Waals surface area contributed by atoms with E-state index in [0.29, 0.717) is 0 Å². The fraction of sp³-hybridized carbons (Fsp3) is 0.208. The number of rotatable bonds is 5. The third kappa shape index (κ3) is 4.09. The van der Waals surface area contributed by atoms with E-state index in [2.05, 4.69) is 23.7 Å². The molecule has 3 aromatic rings. The van der Waals surface area contributed by atoms with Crippen molar-refractivity contribution in [2.75, 3.05) is 0 Å². The second-order valence-corrected chi connectivity index (χ2v) is 6.99. The molecule has 0 fully saturated rings. The summed E-state index contributed by atoms with van der Waals surface area (Å²) in [6.45, 7) is 0. The van der Waals surface area contributed by atoms with E-state index < -0.39 is 0 Å². The summed E-state index contributed by atoms with van der Waals surface area (Å²) < 4.78 is 0. The number of hydrogen-bond donors (Lipinski definition) is 1. The summed E-state index contributed by atoms with van der Waals surface area (Å²) in [6, 6.07) is 28.3. The maximum atomic E-state index is 12.7. The van der Waals surface area contributed by atoms with Crippen LogP contribution in [0, 0.1) is 5.92 Å². The summed E-state index contributed by atoms with van der Waals surface area (Å²) in [5.41, 5.74) is 7.39. The Morgan fingerprint density at radius 3 is 2.00 bits per heavy atom. The van der Waals surface area contributed by atoms with Crippen LogP contribution < -0.4 is 5.48 Å². The van der Waals surface area contributed by atoms with E-state index in [-0.39, 0.29) is 17.9 Å². The molecule has 4 rings (SSSR count). The predicted molar refractivity (Wildman–Crippen MR) is 106 cm³/mol. The van der Waals surface area contributed by atoms with Crippen molar-refractivity contribution in [3.05, 3.63) is 107 Å². The number of nitrogens with one attached hydrogen (secondary N) is 1. The molecule has 0 saturated heterocycles. The van der Waals surface area contributed by atoms with Crippen molar-refractivity contribution in [1.29, 1.82) is 0 Å². The molecule has 136 valence electrons. The molecule has 0 aromatic heterocycles. The summed E-state index contributed by atoms with van der Waals surface area (Å²) in [5.74, 6) is -0.0894. The second kappa shape index (κ2) is 8.19. The van der Waals surface area contributed by atoms with Gasteiger partial charge in [-0.25, -0.2) is 5.48 Å². The number of carbonyl (C=O) groups excluding carboxylic acids is 1. The maximum Gasteiger partial charge on any atom is 0.247 e. The third-order valence-corrected chi connectivity index (χ3v) is 5.20. The summed E-state index contributed by atoms with van der Waals surface area (Å²) >= 11 is 0. The highest BCUT2D eigenvalue weighted by molar-refractivity contribution is 5.78. The largest absolute Gasteiger partial charge is 0.272 e. The lowest BCUT2D eigenvalue weighted by atomic mass is 9.83. The SMILES string of the molecule is O=C(NOC(c1ccccc1)c1ccccc1)C1CCc2ccccc2C1. The number of benzene rings is 3. The van der Waals surface area contributed by atoms with Crippen molar-refractivity contribution in [2.45, 2.75) is 25.4 Å². The highest BCUT2D eigenvalue weighted by Gasteiger charge is 2.26. The van der Waals surface area contributed by atoms with Gasteiger partial charge >= 0.3 is 0 Å². The molecule has 0 bridgehead atoms. The van der Waals surface area contributed by atoms with E-state index >= 15 is 0 Å². The van der Waals surface area contributed by atoms with Gasteiger partial charge in [-0.05, 0) is 41.5 Å². The zero-order valence-corrected chi connectivity index (χ0v) is 15.2. The molecule has 3 heteroatoms. The zero-order chi connectivity index (χ0) is 18.5. The minimum absolute atomic E-state index is 0.0404. The highest BCUT2D eigenvalue weighted by atomic mass is 16.7. The van der Waals surface area contributed by atoms with Crippen molar-refractivity contribution < 1.29 is 9.63 Å². The quantitative estimate of drug-likeness (QED) is 0.676. The molecule has 1 unspecified atom stereocenters. The van der Waals surface area contributed by atoms with Gasteiger partial charge in [-0.15, -0.1) is 0 Å². The van der Waals surface area contributed by atoms with Gasteiger partial charge < -0.3 is 0 Å². The zero-order valence-electron chi connectivity index (χ0n) is 15.2. The molecular formula is C24H23NO2. The van der Waals surface area contributed by atoms with Crippen molar-refractivity contribution in [3.63, 3.8) is 0 Å². The van der Waals surface area contributed by atoms with Crippen LogP contribution >= 0.6 is 0 Å². The summed E-state index contributed by atoms with van der Waals surface area (Å²) in [7, 11) is 0. The number of hydrogen-bond acceptors (Lipinski definition) is 2. The fourth-order valence-electron chi connectivity index (χ4n) is 3.71. The molecule has 1 N–H and O–H groups in total. The van der Waals surface area contributed by atoms with Crippen molar-refractivity contribution in [3.8, 4) is 0 Å². The van der Waals surface area contributed by atoms with Gasteiger partial charge in [-0.1, -0.05) is 84.9 Å². The number of carbonyl (C=O) groups is 1. The van der Waals surface area contributed by atoms with Crippen LogP contribution in [0.3, 0.4) is 0 Å². The number of hydroxylamine groups is 1. The molecule has 0 aliphatic heterocycles. The first-order valence-electron chi connectivity index (χ1n) is 9.43. The molecule has 0 radical (unpaired) electrons. The lowest BCUT2D eigenvalue weighted by Crippen LogP contribution is -2.35. The number of fused-ring (bicyclic) bond motifs is 1. The van der Waals surface area contributed by atoms with Crippen LogP contribution in [0.5, 0.6) is 0 Å². The molecule has 3 nitrogen and oxygen atoms in total. The smallest absolute Gasteiger partial charge is 0.247 e. The molecule has 27 heavy (non-hydrogen) atoms. The Hall–Kier alpha value is -2.91. The van der Waals surface area contributed by atoms with Gasteiger partial charge in [0.2, 0.25) is 5.91 Å². The minimum Gasteiger partial charge on any atom is -0.272 e. The Morgan fingerprint density at radius 2 is 1.37 bits per heavy atom. The van der Waals surface area contributed by atoms with Crippen LogP contribution in [-0.2, 0) is 22.5 Å². The summed E-state index contributed by atoms with van der Waals surface area (Å²) in [6.07, 6.45) is 2.24. The Kier molecular flexibility index (Phi) is 5.31. The van der Waals surface area contributed by atoms with Crippen LogP contribution in [0.1, 0.15) is 34.8 Å². The third-order valence-electron chi connectivity index (χ3n) is 5.20. The Balaban J connectivity index is 1.46. The van der Waals surface area contributed by atoms with E-state index in [0.717, 1.165) is 30.4 Å². The Labute approximate surface area is 160 Å². The van der Waals surface area contributed by atoms with E-state index in [4.69, 9.17) is 4.84 Å². The lowest BCUT2D eigenvalue weighted by Gasteiger charge is -2.25. The van der Waals surface area contributed by atoms with E-state index in [1.54, 1.807) is 0 Å². The molecule has 3 aromatic carbocycles. The maximum absolute atomic E-state index is 12.7. The molecule has 0 spiro atoms. The number of aryl methyl sites for hydroxylation is 1. The summed E-state index contributed by atoms with van der Waals surface area (Å²) in [5, 5.41) is 0. The topological polar surface area (TPSA) is 38.3 Å². The Bertz CT molecular complexity index is 853. The molecule has 1 amide bonds. The van der Waals surface area contributed by atoms with Crippen LogP contribution in [0.2, 0.25) is 0 Å². The fourth-order valence-corrected chi connectivity index (χ4v) is 3.71. The van der Waals surface area contributed by atoms with Gasteiger partial charge in [0.25, 0.3) is 0 Å². The van der Waals surface area contributed by atoms with Crippen LogP contribution in [0.25, 0.3) is 0 Å². The molecular weight excluding hydrogens is 334 g/mol. The van der Waals surface area contributed by atoms with Gasteiger partial charge in [0, 0.05) is 5.92 Å². The second-order valence-electron chi connectivity index (χ2n) is 6.99. The molecule has 1 aliphatic carbocycles. The highest BCUT2D eigenvalue weighted by Crippen LogP contribution is 2.27. The van der Waals surface area contributed by atoms with Gasteiger partial charge in [0.05, 0.1) is 0 Å². The first-order valence-corrected chi connectivity index (χ1v) is 9.43. The van der Waals surface area contributed by atoms with Crippen LogP contribution in [0.15, 0.2) is 84.9 Å². The number of amides is 1. The van der Waals surface area contributed by atoms with Crippen molar-refractivity contribution in [1.82, 2.24) is 5.48 Å². The van der Waals surface area contributed by atoms with E-state index in [1.807, 2.05) is 66.7 Å². The summed E-state index contributed by atoms with van der Waals surface area (Å²) in [4.78, 5) is 18.7. The first-order chi connectivity index (χ1) is 13.3. The van der Waals surface area contributed by atoms with Gasteiger partial charge in [0.15, 0.2) is 0 Å². The molecule has 0 saturated carbocycles. The molecule has 1 atom stereocenters. The van der Waals surface area contributed by atoms with Crippen LogP contribution in [-0.4, -0.2) is 5.91 Å². The predicted octanol–water partition coefficient (Wildman–Crippen LogP) is 4.63. The first kappa shape index (κ1) is 17.5. The van der Waals surface area contributed by atoms with Gasteiger partial charge in [0.1, 0.15) is 6.10 Å². The van der Waals surface area contributed by atoms with Crippen molar-refractivity contribution in [2.24, 2.45) is 5.92 Å². The molecule has 1 aliphatic rings. The Morgan fingerprint density at radius 1 is 0.815 bits per heavy atom.